The highest BCUT2D eigenvalue weighted by Crippen LogP contribution is 2.31. The molecule has 2 aromatic heterocycles. The summed E-state index contributed by atoms with van der Waals surface area (Å²) >= 11 is 0. The number of fused-ring (bicyclic) bond motifs is 1. The van der Waals surface area contributed by atoms with Gasteiger partial charge in [-0.05, 0) is 79.7 Å². The third kappa shape index (κ3) is 4.40. The zero-order valence-corrected chi connectivity index (χ0v) is 18.2. The highest BCUT2D eigenvalue weighted by atomic mass is 19.1. The van der Waals surface area contributed by atoms with Crippen molar-refractivity contribution in [1.29, 1.82) is 0 Å². The van der Waals surface area contributed by atoms with Crippen molar-refractivity contribution in [3.8, 4) is 5.69 Å². The fraction of sp³-hybridized carbons (Fsp3) is 0.500. The molecule has 2 aliphatic heterocycles. The summed E-state index contributed by atoms with van der Waals surface area (Å²) in [6.07, 6.45) is 8.96. The average Bonchev–Trinajstić information content (AvgIpc) is 3.35. The van der Waals surface area contributed by atoms with Crippen molar-refractivity contribution in [1.82, 2.24) is 35.1 Å². The Bertz CT molecular complexity index is 1050. The summed E-state index contributed by atoms with van der Waals surface area (Å²) < 4.78 is 16.0. The molecule has 10 heteroatoms. The second kappa shape index (κ2) is 9.15. The molecule has 32 heavy (non-hydrogen) atoms. The quantitative estimate of drug-likeness (QED) is 0.606. The topological polar surface area (TPSA) is 96.7 Å². The van der Waals surface area contributed by atoms with Crippen LogP contribution in [0.4, 0.5) is 21.8 Å². The summed E-state index contributed by atoms with van der Waals surface area (Å²) in [5, 5.41) is 17.8. The molecular formula is C22H28FN9. The van der Waals surface area contributed by atoms with Gasteiger partial charge in [0, 0.05) is 18.3 Å². The first-order chi connectivity index (χ1) is 15.7. The van der Waals surface area contributed by atoms with Gasteiger partial charge in [0.15, 0.2) is 11.6 Å². The van der Waals surface area contributed by atoms with Crippen LogP contribution in [0.5, 0.6) is 0 Å². The summed E-state index contributed by atoms with van der Waals surface area (Å²) in [7, 11) is 0. The van der Waals surface area contributed by atoms with E-state index in [9.17, 15) is 4.39 Å². The van der Waals surface area contributed by atoms with Gasteiger partial charge in [-0.2, -0.15) is 4.98 Å². The van der Waals surface area contributed by atoms with Crippen LogP contribution < -0.4 is 10.6 Å². The number of hydrogen-bond donors (Lipinski definition) is 2. The molecule has 0 bridgehead atoms. The second-order valence-corrected chi connectivity index (χ2v) is 8.65. The predicted octanol–water partition coefficient (Wildman–Crippen LogP) is 3.32. The molecule has 4 heterocycles. The van der Waals surface area contributed by atoms with Gasteiger partial charge in [-0.1, -0.05) is 12.5 Å². The van der Waals surface area contributed by atoms with Crippen molar-refractivity contribution in [3.05, 3.63) is 42.1 Å². The van der Waals surface area contributed by atoms with Crippen LogP contribution in [0.2, 0.25) is 0 Å². The Morgan fingerprint density at radius 1 is 1.16 bits per heavy atom. The maximum Gasteiger partial charge on any atom is 0.229 e. The fourth-order valence-corrected chi connectivity index (χ4v) is 4.93. The Hall–Kier alpha value is -3.14. The Labute approximate surface area is 186 Å². The van der Waals surface area contributed by atoms with Crippen molar-refractivity contribution < 1.29 is 4.39 Å². The van der Waals surface area contributed by atoms with Gasteiger partial charge < -0.3 is 15.5 Å². The van der Waals surface area contributed by atoms with Gasteiger partial charge in [0.1, 0.15) is 6.33 Å². The van der Waals surface area contributed by atoms with Gasteiger partial charge in [-0.3, -0.25) is 0 Å². The standard InChI is InChI=1S/C22H28FN9/c1-15-7-8-17(11-20(15)32-14-26-29-30-32)27-22-25-13-18(23)21(28-22)24-12-16-5-4-10-31-9-3-2-6-19(16)31/h7-8,11,13-14,16,19H,2-6,9-10,12H2,1H3,(H2,24,25,27,28). The fourth-order valence-electron chi connectivity index (χ4n) is 4.93. The van der Waals surface area contributed by atoms with Gasteiger partial charge in [0.25, 0.3) is 0 Å². The number of aryl methyl sites for hydroxylation is 1. The van der Waals surface area contributed by atoms with E-state index in [2.05, 4.69) is 41.0 Å². The van der Waals surface area contributed by atoms with Crippen LogP contribution in [0.1, 0.15) is 37.7 Å². The number of piperidine rings is 2. The molecular weight excluding hydrogens is 409 g/mol. The summed E-state index contributed by atoms with van der Waals surface area (Å²) in [5.74, 6) is 0.655. The van der Waals surface area contributed by atoms with Crippen LogP contribution in [0.3, 0.4) is 0 Å². The molecule has 5 rings (SSSR count). The molecule has 2 atom stereocenters. The molecule has 0 aliphatic carbocycles. The van der Waals surface area contributed by atoms with E-state index in [1.54, 1.807) is 11.0 Å². The lowest BCUT2D eigenvalue weighted by Crippen LogP contribution is -2.49. The van der Waals surface area contributed by atoms with E-state index in [4.69, 9.17) is 0 Å². The normalized spacial score (nSPS) is 21.2. The van der Waals surface area contributed by atoms with Gasteiger partial charge in [-0.15, -0.1) is 5.10 Å². The van der Waals surface area contributed by atoms with Gasteiger partial charge in [0.05, 0.1) is 11.9 Å². The van der Waals surface area contributed by atoms with Crippen molar-refractivity contribution in [2.24, 2.45) is 5.92 Å². The zero-order chi connectivity index (χ0) is 21.9. The van der Waals surface area contributed by atoms with Gasteiger partial charge in [0.2, 0.25) is 5.95 Å². The molecule has 2 unspecified atom stereocenters. The third-order valence-corrected chi connectivity index (χ3v) is 6.57. The monoisotopic (exact) mass is 437 g/mol. The first-order valence-electron chi connectivity index (χ1n) is 11.3. The zero-order valence-electron chi connectivity index (χ0n) is 18.2. The summed E-state index contributed by atoms with van der Waals surface area (Å²) in [6, 6.07) is 6.39. The summed E-state index contributed by atoms with van der Waals surface area (Å²) in [6.45, 7) is 5.10. The molecule has 2 aliphatic rings. The number of benzene rings is 1. The Balaban J connectivity index is 1.28. The summed E-state index contributed by atoms with van der Waals surface area (Å²) in [4.78, 5) is 11.1. The van der Waals surface area contributed by atoms with E-state index < -0.39 is 5.82 Å². The molecule has 1 aromatic carbocycles. The van der Waals surface area contributed by atoms with Crippen molar-refractivity contribution >= 4 is 17.5 Å². The number of rotatable bonds is 6. The van der Waals surface area contributed by atoms with Gasteiger partial charge in [-0.25, -0.2) is 14.1 Å². The first kappa shape index (κ1) is 20.7. The second-order valence-electron chi connectivity index (χ2n) is 8.65. The smallest absolute Gasteiger partial charge is 0.229 e. The van der Waals surface area contributed by atoms with E-state index in [0.717, 1.165) is 23.5 Å². The van der Waals surface area contributed by atoms with Crippen molar-refractivity contribution in [2.75, 3.05) is 30.3 Å². The molecule has 0 spiro atoms. The van der Waals surface area contributed by atoms with Crippen molar-refractivity contribution in [2.45, 2.75) is 45.1 Å². The number of hydrogen-bond acceptors (Lipinski definition) is 8. The number of nitrogens with zero attached hydrogens (tertiary/aromatic N) is 7. The maximum atomic E-state index is 14.4. The molecule has 168 valence electrons. The molecule has 3 aromatic rings. The van der Waals surface area contributed by atoms with Crippen LogP contribution >= 0.6 is 0 Å². The Morgan fingerprint density at radius 3 is 2.94 bits per heavy atom. The predicted molar refractivity (Wildman–Crippen MR) is 120 cm³/mol. The molecule has 0 amide bonds. The van der Waals surface area contributed by atoms with Crippen LogP contribution in [-0.4, -0.2) is 60.8 Å². The number of tetrazole rings is 1. The van der Waals surface area contributed by atoms with Crippen molar-refractivity contribution in [3.63, 3.8) is 0 Å². The van der Waals surface area contributed by atoms with Crippen LogP contribution in [0, 0.1) is 18.7 Å². The number of nitrogens with one attached hydrogen (secondary N) is 2. The van der Waals surface area contributed by atoms with Crippen LogP contribution in [0.15, 0.2) is 30.7 Å². The van der Waals surface area contributed by atoms with E-state index in [1.807, 2.05) is 25.1 Å². The van der Waals surface area contributed by atoms with E-state index >= 15 is 0 Å². The lowest BCUT2D eigenvalue weighted by Gasteiger charge is -2.44. The highest BCUT2D eigenvalue weighted by Gasteiger charge is 2.32. The molecule has 0 saturated carbocycles. The maximum absolute atomic E-state index is 14.4. The van der Waals surface area contributed by atoms with Gasteiger partial charge >= 0.3 is 0 Å². The average molecular weight is 438 g/mol. The minimum absolute atomic E-state index is 0.239. The van der Waals surface area contributed by atoms with E-state index in [1.165, 1.54) is 51.4 Å². The number of anilines is 3. The van der Waals surface area contributed by atoms with E-state index in [-0.39, 0.29) is 5.82 Å². The van der Waals surface area contributed by atoms with E-state index in [0.29, 0.717) is 17.9 Å². The Morgan fingerprint density at radius 2 is 2.06 bits per heavy atom. The largest absolute Gasteiger partial charge is 0.367 e. The van der Waals surface area contributed by atoms with Crippen LogP contribution in [-0.2, 0) is 0 Å². The molecule has 2 saturated heterocycles. The van der Waals surface area contributed by atoms with Crippen LogP contribution in [0.25, 0.3) is 5.69 Å². The third-order valence-electron chi connectivity index (χ3n) is 6.57. The number of halogens is 1. The molecule has 0 radical (unpaired) electrons. The lowest BCUT2D eigenvalue weighted by atomic mass is 9.83. The minimum Gasteiger partial charge on any atom is -0.367 e. The first-order valence-corrected chi connectivity index (χ1v) is 11.3. The highest BCUT2D eigenvalue weighted by molar-refractivity contribution is 5.60. The minimum atomic E-state index is -0.440. The molecule has 9 nitrogen and oxygen atoms in total. The lowest BCUT2D eigenvalue weighted by molar-refractivity contribution is 0.0648. The molecule has 2 fully saturated rings. The molecule has 2 N–H and O–H groups in total. The summed E-state index contributed by atoms with van der Waals surface area (Å²) in [5.41, 5.74) is 2.63. The Kier molecular flexibility index (Phi) is 5.93. The number of aromatic nitrogens is 6. The SMILES string of the molecule is Cc1ccc(Nc2ncc(F)c(NCC3CCCN4CCCCC34)n2)cc1-n1cnnn1.